The Balaban J connectivity index is 0. The van der Waals surface area contributed by atoms with Crippen LogP contribution < -0.4 is 22.7 Å². The summed E-state index contributed by atoms with van der Waals surface area (Å²) >= 11 is 0. The van der Waals surface area contributed by atoms with Crippen molar-refractivity contribution >= 4 is 24.3 Å². The molecule has 8 N–H and O–H groups in total. The van der Waals surface area contributed by atoms with Gasteiger partial charge in [-0.15, -0.1) is 12.4 Å². The third-order valence-electron chi connectivity index (χ3n) is 1.41. The fourth-order valence-electron chi connectivity index (χ4n) is 0.733. The summed E-state index contributed by atoms with van der Waals surface area (Å²) in [5, 5.41) is 8.20. The molecule has 14 heavy (non-hydrogen) atoms. The number of rotatable bonds is 5. The smallest absolute Gasteiger partial charge is 0.260 e. The van der Waals surface area contributed by atoms with E-state index in [-0.39, 0.29) is 18.4 Å². The molecule has 1 atom stereocenters. The first-order valence-corrected chi connectivity index (χ1v) is 3.83. The third kappa shape index (κ3) is 7.59. The van der Waals surface area contributed by atoms with Crippen molar-refractivity contribution < 1.29 is 10.0 Å². The van der Waals surface area contributed by atoms with Crippen LogP contribution in [0.1, 0.15) is 12.8 Å². The highest BCUT2D eigenvalue weighted by molar-refractivity contribution is 5.85. The molecule has 0 aromatic carbocycles. The minimum absolute atomic E-state index is 0. The summed E-state index contributed by atoms with van der Waals surface area (Å²) < 4.78 is 0. The maximum Gasteiger partial charge on any atom is 0.260 e. The summed E-state index contributed by atoms with van der Waals surface area (Å²) in [6.07, 6.45) is 1.01. The molecule has 0 heterocycles. The highest BCUT2D eigenvalue weighted by Gasteiger charge is 2.10. The summed E-state index contributed by atoms with van der Waals surface area (Å²) in [6, 6.07) is -0.723. The number of aliphatic imine (C=N–C) groups is 1. The predicted octanol–water partition coefficient (Wildman–Crippen LogP) is -1.71. The van der Waals surface area contributed by atoms with Crippen molar-refractivity contribution in [2.75, 3.05) is 6.54 Å². The van der Waals surface area contributed by atoms with Crippen LogP contribution in [0.15, 0.2) is 4.99 Å². The number of amides is 1. The van der Waals surface area contributed by atoms with E-state index < -0.39 is 11.9 Å². The zero-order valence-electron chi connectivity index (χ0n) is 7.64. The molecular formula is C6H16ClN5O2. The van der Waals surface area contributed by atoms with Gasteiger partial charge in [0, 0.05) is 6.54 Å². The van der Waals surface area contributed by atoms with Gasteiger partial charge >= 0.3 is 0 Å². The van der Waals surface area contributed by atoms with Crippen molar-refractivity contribution in [1.29, 1.82) is 0 Å². The van der Waals surface area contributed by atoms with Gasteiger partial charge < -0.3 is 17.2 Å². The van der Waals surface area contributed by atoms with Gasteiger partial charge in [0.2, 0.25) is 0 Å². The molecule has 0 saturated heterocycles. The van der Waals surface area contributed by atoms with Crippen molar-refractivity contribution in [3.8, 4) is 0 Å². The Labute approximate surface area is 88.1 Å². The second kappa shape index (κ2) is 8.54. The van der Waals surface area contributed by atoms with Crippen molar-refractivity contribution in [2.24, 2.45) is 22.2 Å². The van der Waals surface area contributed by atoms with Gasteiger partial charge in [0.05, 0.1) is 6.04 Å². The van der Waals surface area contributed by atoms with Crippen molar-refractivity contribution in [2.45, 2.75) is 18.9 Å². The van der Waals surface area contributed by atoms with Crippen LogP contribution in [0.3, 0.4) is 0 Å². The Morgan fingerprint density at radius 3 is 2.50 bits per heavy atom. The summed E-state index contributed by atoms with van der Waals surface area (Å²) in [4.78, 5) is 14.4. The van der Waals surface area contributed by atoms with Crippen LogP contribution in [-0.4, -0.2) is 29.7 Å². The van der Waals surface area contributed by atoms with E-state index in [1.54, 1.807) is 0 Å². The van der Waals surface area contributed by atoms with Crippen LogP contribution in [0, 0.1) is 0 Å². The Morgan fingerprint density at radius 1 is 1.50 bits per heavy atom. The van der Waals surface area contributed by atoms with E-state index in [0.717, 1.165) is 0 Å². The van der Waals surface area contributed by atoms with E-state index in [9.17, 15) is 4.79 Å². The zero-order chi connectivity index (χ0) is 10.3. The minimum atomic E-state index is -0.723. The average Bonchev–Trinajstić information content (AvgIpc) is 2.10. The van der Waals surface area contributed by atoms with Gasteiger partial charge in [-0.3, -0.25) is 15.0 Å². The molecule has 0 rings (SSSR count). The lowest BCUT2D eigenvalue weighted by Gasteiger charge is -2.07. The van der Waals surface area contributed by atoms with Crippen LogP contribution in [0.2, 0.25) is 0 Å². The van der Waals surface area contributed by atoms with E-state index in [2.05, 4.69) is 4.99 Å². The first-order valence-electron chi connectivity index (χ1n) is 3.83. The number of hydroxylamine groups is 1. The molecule has 8 heteroatoms. The lowest BCUT2D eigenvalue weighted by molar-refractivity contribution is -0.130. The number of hydrogen-bond donors (Lipinski definition) is 5. The van der Waals surface area contributed by atoms with Crippen LogP contribution in [-0.2, 0) is 4.79 Å². The molecule has 0 saturated carbocycles. The van der Waals surface area contributed by atoms with Gasteiger partial charge in [-0.1, -0.05) is 0 Å². The second-order valence-corrected chi connectivity index (χ2v) is 2.53. The van der Waals surface area contributed by atoms with Crippen LogP contribution in [0.25, 0.3) is 0 Å². The number of nitrogens with one attached hydrogen (secondary N) is 1. The van der Waals surface area contributed by atoms with Crippen LogP contribution in [0.4, 0.5) is 0 Å². The molecule has 0 aliphatic carbocycles. The molecule has 7 nitrogen and oxygen atoms in total. The quantitative estimate of drug-likeness (QED) is 0.125. The van der Waals surface area contributed by atoms with E-state index in [1.807, 2.05) is 0 Å². The third-order valence-corrected chi connectivity index (χ3v) is 1.41. The monoisotopic (exact) mass is 225 g/mol. The van der Waals surface area contributed by atoms with Crippen LogP contribution >= 0.6 is 12.4 Å². The van der Waals surface area contributed by atoms with Crippen molar-refractivity contribution in [3.63, 3.8) is 0 Å². The molecule has 0 aromatic heterocycles. The van der Waals surface area contributed by atoms with Gasteiger partial charge in [-0.25, -0.2) is 5.48 Å². The van der Waals surface area contributed by atoms with Crippen LogP contribution in [0.5, 0.6) is 0 Å². The second-order valence-electron chi connectivity index (χ2n) is 2.53. The number of hydrogen-bond acceptors (Lipinski definition) is 4. The molecular weight excluding hydrogens is 210 g/mol. The summed E-state index contributed by atoms with van der Waals surface area (Å²) in [5.74, 6) is -0.593. The molecule has 1 amide bonds. The standard InChI is InChI=1S/C6H15N5O2.ClH/c7-4(5(12)11-13)2-1-3-10-6(8)9;/h4,13H,1-3,7H2,(H,11,12)(H4,8,9,10);1H. The lowest BCUT2D eigenvalue weighted by atomic mass is 10.1. The van der Waals surface area contributed by atoms with E-state index in [1.165, 1.54) is 5.48 Å². The molecule has 0 bridgehead atoms. The fraction of sp³-hybridized carbons (Fsp3) is 0.667. The fourth-order valence-corrected chi connectivity index (χ4v) is 0.733. The Morgan fingerprint density at radius 2 is 2.07 bits per heavy atom. The largest absolute Gasteiger partial charge is 0.370 e. The number of carbonyl (C=O) groups excluding carboxylic acids is 1. The number of carbonyl (C=O) groups is 1. The maximum atomic E-state index is 10.7. The van der Waals surface area contributed by atoms with Gasteiger partial charge in [0.25, 0.3) is 5.91 Å². The molecule has 0 aliphatic rings. The van der Waals surface area contributed by atoms with E-state index in [0.29, 0.717) is 19.4 Å². The highest BCUT2D eigenvalue weighted by atomic mass is 35.5. The van der Waals surface area contributed by atoms with Crippen molar-refractivity contribution in [1.82, 2.24) is 5.48 Å². The maximum absolute atomic E-state index is 10.7. The SMILES string of the molecule is Cl.NC(N)=NCCCC(N)C(=O)NO. The lowest BCUT2D eigenvalue weighted by Crippen LogP contribution is -2.39. The summed E-state index contributed by atoms with van der Waals surface area (Å²) in [5.41, 5.74) is 17.0. The Hall–Kier alpha value is -1.05. The van der Waals surface area contributed by atoms with Gasteiger partial charge in [-0.05, 0) is 12.8 Å². The molecule has 0 spiro atoms. The zero-order valence-corrected chi connectivity index (χ0v) is 8.46. The molecule has 1 unspecified atom stereocenters. The minimum Gasteiger partial charge on any atom is -0.370 e. The van der Waals surface area contributed by atoms with Gasteiger partial charge in [0.15, 0.2) is 5.96 Å². The molecule has 0 radical (unpaired) electrons. The Kier molecular flexibility index (Phi) is 9.41. The van der Waals surface area contributed by atoms with Gasteiger partial charge in [0.1, 0.15) is 0 Å². The van der Waals surface area contributed by atoms with Crippen molar-refractivity contribution in [3.05, 3.63) is 0 Å². The number of nitrogens with zero attached hydrogens (tertiary/aromatic N) is 1. The topological polar surface area (TPSA) is 140 Å². The number of halogens is 1. The Bertz CT molecular complexity index is 195. The summed E-state index contributed by atoms with van der Waals surface area (Å²) in [7, 11) is 0. The number of guanidine groups is 1. The molecule has 84 valence electrons. The van der Waals surface area contributed by atoms with E-state index >= 15 is 0 Å². The number of nitrogens with two attached hydrogens (primary N) is 3. The van der Waals surface area contributed by atoms with E-state index in [4.69, 9.17) is 22.4 Å². The average molecular weight is 226 g/mol. The van der Waals surface area contributed by atoms with Gasteiger partial charge in [-0.2, -0.15) is 0 Å². The molecule has 0 fully saturated rings. The first kappa shape index (κ1) is 15.4. The molecule has 0 aromatic rings. The predicted molar refractivity (Wildman–Crippen MR) is 55.1 cm³/mol. The first-order chi connectivity index (χ1) is 6.07. The normalized spacial score (nSPS) is 11.0. The summed E-state index contributed by atoms with van der Waals surface area (Å²) in [6.45, 7) is 0.425. The molecule has 0 aliphatic heterocycles. The highest BCUT2D eigenvalue weighted by Crippen LogP contribution is 1.94.